The van der Waals surface area contributed by atoms with Gasteiger partial charge in [0.2, 0.25) is 0 Å². The smallest absolute Gasteiger partial charge is 0.328 e. The average molecular weight is 264 g/mol. The molecule has 0 aromatic carbocycles. The van der Waals surface area contributed by atoms with Gasteiger partial charge in [-0.25, -0.2) is 4.79 Å². The molecule has 2 aliphatic rings. The number of nitrogens with zero attached hydrogens (tertiary/aromatic N) is 2. The lowest BCUT2D eigenvalue weighted by atomic mass is 9.94. The van der Waals surface area contributed by atoms with Gasteiger partial charge in [-0.05, 0) is 24.7 Å². The zero-order valence-electron chi connectivity index (χ0n) is 10.7. The fraction of sp³-hybridized carbons (Fsp3) is 0.615. The van der Waals surface area contributed by atoms with Crippen LogP contribution in [-0.4, -0.2) is 41.6 Å². The first-order chi connectivity index (χ1) is 9.22. The van der Waals surface area contributed by atoms with Crippen molar-refractivity contribution in [2.75, 3.05) is 13.7 Å². The molecule has 2 heterocycles. The third kappa shape index (κ3) is 1.91. The number of fused-ring (bicyclic) bond motifs is 1. The van der Waals surface area contributed by atoms with Crippen molar-refractivity contribution in [3.63, 3.8) is 0 Å². The molecule has 3 atom stereocenters. The number of rotatable bonds is 2. The molecular formula is C13H16N2O4. The highest BCUT2D eigenvalue weighted by Gasteiger charge is 2.50. The van der Waals surface area contributed by atoms with Crippen LogP contribution in [0.4, 0.5) is 0 Å². The summed E-state index contributed by atoms with van der Waals surface area (Å²) in [6.45, 7) is 0.607. The Morgan fingerprint density at radius 3 is 3.00 bits per heavy atom. The molecule has 1 saturated heterocycles. The van der Waals surface area contributed by atoms with Crippen LogP contribution in [0, 0.1) is 11.8 Å². The molecule has 0 bridgehead atoms. The Labute approximate surface area is 110 Å². The van der Waals surface area contributed by atoms with Gasteiger partial charge in [-0.15, -0.1) is 0 Å². The Hall–Kier alpha value is -1.85. The molecule has 6 nitrogen and oxygen atoms in total. The van der Waals surface area contributed by atoms with Gasteiger partial charge in [-0.3, -0.25) is 4.79 Å². The summed E-state index contributed by atoms with van der Waals surface area (Å²) in [5.41, 5.74) is 0.244. The number of hydrogen-bond acceptors (Lipinski definition) is 5. The molecule has 0 radical (unpaired) electrons. The second-order valence-corrected chi connectivity index (χ2v) is 5.17. The van der Waals surface area contributed by atoms with E-state index in [2.05, 4.69) is 5.16 Å². The number of hydrogen-bond donors (Lipinski definition) is 0. The van der Waals surface area contributed by atoms with Gasteiger partial charge in [0.05, 0.1) is 7.11 Å². The molecule has 2 fully saturated rings. The van der Waals surface area contributed by atoms with E-state index in [0.29, 0.717) is 12.5 Å². The average Bonchev–Trinajstić information content (AvgIpc) is 3.12. The maximum absolute atomic E-state index is 12.4. The van der Waals surface area contributed by atoms with Crippen molar-refractivity contribution in [1.29, 1.82) is 0 Å². The van der Waals surface area contributed by atoms with Crippen molar-refractivity contribution in [3.8, 4) is 0 Å². The Morgan fingerprint density at radius 1 is 1.47 bits per heavy atom. The maximum Gasteiger partial charge on any atom is 0.328 e. The summed E-state index contributed by atoms with van der Waals surface area (Å²) in [6, 6.07) is 1.05. The van der Waals surface area contributed by atoms with Crippen molar-refractivity contribution in [3.05, 3.63) is 18.0 Å². The van der Waals surface area contributed by atoms with Crippen LogP contribution in [0.3, 0.4) is 0 Å². The molecule has 1 aromatic heterocycles. The van der Waals surface area contributed by atoms with Crippen LogP contribution in [0.15, 0.2) is 16.9 Å². The zero-order chi connectivity index (χ0) is 13.4. The highest BCUT2D eigenvalue weighted by Crippen LogP contribution is 2.42. The summed E-state index contributed by atoms with van der Waals surface area (Å²) in [6.07, 6.45) is 4.53. The second kappa shape index (κ2) is 4.68. The van der Waals surface area contributed by atoms with Crippen molar-refractivity contribution >= 4 is 11.9 Å². The number of ether oxygens (including phenoxy) is 1. The fourth-order valence-electron chi connectivity index (χ4n) is 3.41. The Bertz CT molecular complexity index is 485. The third-order valence-corrected chi connectivity index (χ3v) is 4.25. The maximum atomic E-state index is 12.4. The molecule has 0 N–H and O–H groups in total. The van der Waals surface area contributed by atoms with Crippen molar-refractivity contribution in [1.82, 2.24) is 10.1 Å². The first-order valence-corrected chi connectivity index (χ1v) is 6.51. The Balaban J connectivity index is 1.87. The quantitative estimate of drug-likeness (QED) is 0.748. The molecule has 6 heteroatoms. The number of carbonyl (C=O) groups is 2. The summed E-state index contributed by atoms with van der Waals surface area (Å²) >= 11 is 0. The largest absolute Gasteiger partial charge is 0.467 e. The number of carbonyl (C=O) groups excluding carboxylic acids is 2. The van der Waals surface area contributed by atoms with Crippen LogP contribution in [0.1, 0.15) is 29.8 Å². The van der Waals surface area contributed by atoms with E-state index >= 15 is 0 Å². The van der Waals surface area contributed by atoms with E-state index in [9.17, 15) is 9.59 Å². The first kappa shape index (κ1) is 12.2. The van der Waals surface area contributed by atoms with Gasteiger partial charge >= 0.3 is 5.97 Å². The molecule has 1 aliphatic carbocycles. The summed E-state index contributed by atoms with van der Waals surface area (Å²) in [7, 11) is 1.36. The Morgan fingerprint density at radius 2 is 2.32 bits per heavy atom. The third-order valence-electron chi connectivity index (χ3n) is 4.25. The minimum Gasteiger partial charge on any atom is -0.467 e. The van der Waals surface area contributed by atoms with Crippen molar-refractivity contribution < 1.29 is 18.8 Å². The number of amides is 1. The van der Waals surface area contributed by atoms with Gasteiger partial charge in [-0.2, -0.15) is 0 Å². The van der Waals surface area contributed by atoms with E-state index in [4.69, 9.17) is 9.26 Å². The molecule has 3 rings (SSSR count). The molecule has 0 spiro atoms. The SMILES string of the molecule is COC(=O)[C@@H]1[C@@H]2CCC[C@H]2CN1C(=O)c1ccon1. The normalized spacial score (nSPS) is 29.3. The number of esters is 1. The van der Waals surface area contributed by atoms with Crippen molar-refractivity contribution in [2.24, 2.45) is 11.8 Å². The van der Waals surface area contributed by atoms with Crippen LogP contribution in [-0.2, 0) is 9.53 Å². The zero-order valence-corrected chi connectivity index (χ0v) is 10.7. The highest BCUT2D eigenvalue weighted by atomic mass is 16.5. The van der Waals surface area contributed by atoms with Crippen LogP contribution < -0.4 is 0 Å². The minimum absolute atomic E-state index is 0.225. The lowest BCUT2D eigenvalue weighted by molar-refractivity contribution is -0.146. The van der Waals surface area contributed by atoms with Crippen LogP contribution in [0.2, 0.25) is 0 Å². The monoisotopic (exact) mass is 264 g/mol. The van der Waals surface area contributed by atoms with Gasteiger partial charge in [0.25, 0.3) is 5.91 Å². The standard InChI is InChI=1S/C13H16N2O4/c1-18-13(17)11-9-4-2-3-8(9)7-15(11)12(16)10-5-6-19-14-10/h5-6,8-9,11H,2-4,7H2,1H3/t8-,9+,11-/m0/s1. The molecule has 1 aliphatic heterocycles. The molecule has 102 valence electrons. The summed E-state index contributed by atoms with van der Waals surface area (Å²) < 4.78 is 9.56. The van der Waals surface area contributed by atoms with Gasteiger partial charge < -0.3 is 14.2 Å². The van der Waals surface area contributed by atoms with E-state index in [1.54, 1.807) is 4.90 Å². The minimum atomic E-state index is -0.471. The molecule has 1 aromatic rings. The molecule has 1 amide bonds. The van der Waals surface area contributed by atoms with Crippen LogP contribution >= 0.6 is 0 Å². The molecular weight excluding hydrogens is 248 g/mol. The summed E-state index contributed by atoms with van der Waals surface area (Å²) in [5, 5.41) is 3.66. The topological polar surface area (TPSA) is 72.6 Å². The van der Waals surface area contributed by atoms with E-state index in [1.165, 1.54) is 19.4 Å². The van der Waals surface area contributed by atoms with Crippen LogP contribution in [0.5, 0.6) is 0 Å². The van der Waals surface area contributed by atoms with E-state index < -0.39 is 6.04 Å². The summed E-state index contributed by atoms with van der Waals surface area (Å²) in [5.74, 6) is 0.0491. The first-order valence-electron chi connectivity index (χ1n) is 6.51. The lowest BCUT2D eigenvalue weighted by Crippen LogP contribution is -2.44. The van der Waals surface area contributed by atoms with Gasteiger partial charge in [0.15, 0.2) is 5.69 Å². The van der Waals surface area contributed by atoms with Gasteiger partial charge in [-0.1, -0.05) is 11.6 Å². The van der Waals surface area contributed by atoms with E-state index in [-0.39, 0.29) is 23.5 Å². The Kier molecular flexibility index (Phi) is 3.00. The predicted molar refractivity (Wildman–Crippen MR) is 64.2 cm³/mol. The van der Waals surface area contributed by atoms with E-state index in [1.807, 2.05) is 0 Å². The van der Waals surface area contributed by atoms with Crippen LogP contribution in [0.25, 0.3) is 0 Å². The molecule has 0 unspecified atom stereocenters. The molecule has 1 saturated carbocycles. The number of methoxy groups -OCH3 is 1. The van der Waals surface area contributed by atoms with Gasteiger partial charge in [0, 0.05) is 12.6 Å². The predicted octanol–water partition coefficient (Wildman–Crippen LogP) is 1.09. The number of likely N-dealkylation sites (tertiary alicyclic amines) is 1. The highest BCUT2D eigenvalue weighted by molar-refractivity contribution is 5.95. The van der Waals surface area contributed by atoms with E-state index in [0.717, 1.165) is 19.3 Å². The summed E-state index contributed by atoms with van der Waals surface area (Å²) in [4.78, 5) is 25.9. The van der Waals surface area contributed by atoms with Crippen molar-refractivity contribution in [2.45, 2.75) is 25.3 Å². The number of aromatic nitrogens is 1. The van der Waals surface area contributed by atoms with Gasteiger partial charge in [0.1, 0.15) is 12.3 Å². The second-order valence-electron chi connectivity index (χ2n) is 5.17. The fourth-order valence-corrected chi connectivity index (χ4v) is 3.41. The lowest BCUT2D eigenvalue weighted by Gasteiger charge is -2.24. The molecule has 19 heavy (non-hydrogen) atoms.